The van der Waals surface area contributed by atoms with Crippen molar-refractivity contribution in [2.45, 2.75) is 31.5 Å². The van der Waals surface area contributed by atoms with E-state index in [1.807, 2.05) is 30.3 Å². The summed E-state index contributed by atoms with van der Waals surface area (Å²) in [7, 11) is 0. The van der Waals surface area contributed by atoms with Gasteiger partial charge in [0.05, 0.1) is 6.04 Å². The maximum atomic E-state index is 12.3. The third-order valence-electron chi connectivity index (χ3n) is 3.43. The van der Waals surface area contributed by atoms with Gasteiger partial charge in [-0.1, -0.05) is 30.3 Å². The highest BCUT2D eigenvalue weighted by Gasteiger charge is 2.35. The number of halogens is 3. The summed E-state index contributed by atoms with van der Waals surface area (Å²) in [6.07, 6.45) is -4.67. The summed E-state index contributed by atoms with van der Waals surface area (Å²) in [5.74, 6) is -0.867. The van der Waals surface area contributed by atoms with Crippen LogP contribution in [-0.4, -0.2) is 26.7 Å². The Kier molecular flexibility index (Phi) is 3.27. The van der Waals surface area contributed by atoms with Crippen LogP contribution in [0.3, 0.4) is 0 Å². The van der Waals surface area contributed by atoms with Crippen LogP contribution in [-0.2, 0) is 6.42 Å². The van der Waals surface area contributed by atoms with E-state index in [9.17, 15) is 18.0 Å². The summed E-state index contributed by atoms with van der Waals surface area (Å²) < 4.78 is 38.3. The quantitative estimate of drug-likeness (QED) is 0.818. The molecule has 110 valence electrons. The van der Waals surface area contributed by atoms with Gasteiger partial charge in [0, 0.05) is 6.42 Å². The maximum Gasteiger partial charge on any atom is 0.396 e. The molecule has 2 heterocycles. The van der Waals surface area contributed by atoms with Crippen LogP contribution in [0.4, 0.5) is 13.2 Å². The lowest BCUT2D eigenvalue weighted by molar-refractivity contribution is -0.125. The van der Waals surface area contributed by atoms with Crippen LogP contribution in [0.2, 0.25) is 0 Å². The number of rotatable bonds is 3. The molecular weight excluding hydrogens is 283 g/mol. The van der Waals surface area contributed by atoms with Crippen molar-refractivity contribution in [2.24, 2.45) is 0 Å². The number of carbonyl (C=O) groups excluding carboxylic acids is 1. The first kappa shape index (κ1) is 13.8. The molecule has 1 atom stereocenters. The molecule has 1 aliphatic heterocycles. The average molecular weight is 295 g/mol. The molecule has 7 heteroatoms. The zero-order chi connectivity index (χ0) is 15.0. The minimum atomic E-state index is -4.54. The van der Waals surface area contributed by atoms with E-state index in [0.717, 1.165) is 12.0 Å². The lowest BCUT2D eigenvalue weighted by Crippen LogP contribution is -2.17. The Balaban J connectivity index is 1.86. The fraction of sp³-hybridized carbons (Fsp3) is 0.357. The first-order valence-electron chi connectivity index (χ1n) is 6.54. The topological polar surface area (TPSA) is 47.8 Å². The molecule has 0 bridgehead atoms. The van der Waals surface area contributed by atoms with Crippen molar-refractivity contribution < 1.29 is 18.0 Å². The fourth-order valence-corrected chi connectivity index (χ4v) is 2.53. The van der Waals surface area contributed by atoms with Gasteiger partial charge in [0.1, 0.15) is 12.2 Å². The van der Waals surface area contributed by atoms with E-state index in [0.29, 0.717) is 12.2 Å². The van der Waals surface area contributed by atoms with E-state index >= 15 is 0 Å². The molecule has 0 amide bonds. The molecule has 0 fully saturated rings. The number of nitrogens with zero attached hydrogens (tertiary/aromatic N) is 3. The molecule has 1 aromatic heterocycles. The summed E-state index contributed by atoms with van der Waals surface area (Å²) in [5, 5.41) is 3.99. The molecule has 0 aliphatic carbocycles. The van der Waals surface area contributed by atoms with E-state index in [1.54, 1.807) is 4.68 Å². The van der Waals surface area contributed by atoms with Crippen molar-refractivity contribution in [3.63, 3.8) is 0 Å². The van der Waals surface area contributed by atoms with Gasteiger partial charge in [-0.05, 0) is 12.0 Å². The van der Waals surface area contributed by atoms with Gasteiger partial charge in [0.15, 0.2) is 0 Å². The number of aromatic nitrogens is 3. The van der Waals surface area contributed by atoms with Crippen molar-refractivity contribution in [3.8, 4) is 0 Å². The lowest BCUT2D eigenvalue weighted by atomic mass is 10.1. The van der Waals surface area contributed by atoms with Crippen LogP contribution >= 0.6 is 0 Å². The molecule has 0 unspecified atom stereocenters. The number of alkyl halides is 3. The van der Waals surface area contributed by atoms with Crippen LogP contribution in [0.1, 0.15) is 40.9 Å². The Hall–Kier alpha value is -2.18. The molecule has 0 saturated heterocycles. The minimum absolute atomic E-state index is 0.0684. The molecule has 0 spiro atoms. The molecule has 0 N–H and O–H groups in total. The highest BCUT2D eigenvalue weighted by molar-refractivity contribution is 5.92. The number of Topliss-reactive ketones (excluding diaryl/α,β-unsaturated/α-hetero) is 1. The van der Waals surface area contributed by atoms with Crippen molar-refractivity contribution in [1.82, 2.24) is 14.8 Å². The predicted octanol–water partition coefficient (Wildman–Crippen LogP) is 2.95. The molecule has 3 rings (SSSR count). The van der Waals surface area contributed by atoms with E-state index in [2.05, 4.69) is 10.1 Å². The van der Waals surface area contributed by atoms with Crippen molar-refractivity contribution in [3.05, 3.63) is 47.5 Å². The van der Waals surface area contributed by atoms with E-state index in [-0.39, 0.29) is 11.9 Å². The van der Waals surface area contributed by atoms with Crippen molar-refractivity contribution in [1.29, 1.82) is 0 Å². The van der Waals surface area contributed by atoms with Crippen molar-refractivity contribution in [2.75, 3.05) is 0 Å². The second-order valence-corrected chi connectivity index (χ2v) is 4.98. The second kappa shape index (κ2) is 4.98. The van der Waals surface area contributed by atoms with Gasteiger partial charge in [-0.15, -0.1) is 5.10 Å². The molecule has 2 aromatic rings. The third-order valence-corrected chi connectivity index (χ3v) is 3.43. The Morgan fingerprint density at radius 3 is 2.67 bits per heavy atom. The highest BCUT2D eigenvalue weighted by Crippen LogP contribution is 2.30. The lowest BCUT2D eigenvalue weighted by Gasteiger charge is -2.11. The Bertz CT molecular complexity index is 664. The normalized spacial score (nSPS) is 17.8. The molecule has 0 saturated carbocycles. The van der Waals surface area contributed by atoms with Gasteiger partial charge < -0.3 is 0 Å². The van der Waals surface area contributed by atoms with Crippen LogP contribution in [0.5, 0.6) is 0 Å². The van der Waals surface area contributed by atoms with Crippen LogP contribution < -0.4 is 0 Å². The number of fused-ring (bicyclic) bond motifs is 1. The minimum Gasteiger partial charge on any atom is -0.290 e. The smallest absolute Gasteiger partial charge is 0.290 e. The van der Waals surface area contributed by atoms with E-state index in [1.165, 1.54) is 0 Å². The molecular formula is C14H12F3N3O. The fourth-order valence-electron chi connectivity index (χ4n) is 2.53. The zero-order valence-corrected chi connectivity index (χ0v) is 11.0. The van der Waals surface area contributed by atoms with Crippen LogP contribution in [0, 0.1) is 0 Å². The van der Waals surface area contributed by atoms with Crippen LogP contribution in [0.15, 0.2) is 30.3 Å². The molecule has 21 heavy (non-hydrogen) atoms. The van der Waals surface area contributed by atoms with Gasteiger partial charge >= 0.3 is 6.18 Å². The van der Waals surface area contributed by atoms with Crippen LogP contribution in [0.25, 0.3) is 0 Å². The molecule has 1 aliphatic rings. The second-order valence-electron chi connectivity index (χ2n) is 4.98. The summed E-state index contributed by atoms with van der Waals surface area (Å²) in [5.41, 5.74) is 1.01. The monoisotopic (exact) mass is 295 g/mol. The SMILES string of the molecule is O=C(CC(F)(F)F)c1nc2n(n1)[C@@H](c1ccccc1)CC2. The number of hydrogen-bond donors (Lipinski definition) is 0. The largest absolute Gasteiger partial charge is 0.396 e. The standard InChI is InChI=1S/C14H12F3N3O/c15-14(16,17)8-11(21)13-18-12-7-6-10(20(12)19-13)9-4-2-1-3-5-9/h1-5,10H,6-8H2/t10-/m1/s1. The number of hydrogen-bond acceptors (Lipinski definition) is 3. The Morgan fingerprint density at radius 1 is 1.29 bits per heavy atom. The summed E-state index contributed by atoms with van der Waals surface area (Å²) in [6.45, 7) is 0. The Morgan fingerprint density at radius 2 is 2.00 bits per heavy atom. The Labute approximate surface area is 118 Å². The number of ketones is 1. The van der Waals surface area contributed by atoms with Gasteiger partial charge in [0.25, 0.3) is 0 Å². The first-order valence-corrected chi connectivity index (χ1v) is 6.54. The maximum absolute atomic E-state index is 12.3. The predicted molar refractivity (Wildman–Crippen MR) is 67.9 cm³/mol. The third kappa shape index (κ3) is 2.81. The highest BCUT2D eigenvalue weighted by atomic mass is 19.4. The molecule has 4 nitrogen and oxygen atoms in total. The van der Waals surface area contributed by atoms with E-state index < -0.39 is 18.4 Å². The van der Waals surface area contributed by atoms with Gasteiger partial charge in [-0.2, -0.15) is 13.2 Å². The van der Waals surface area contributed by atoms with Crippen molar-refractivity contribution >= 4 is 5.78 Å². The number of aryl methyl sites for hydroxylation is 1. The summed E-state index contributed by atoms with van der Waals surface area (Å²) in [6, 6.07) is 9.46. The van der Waals surface area contributed by atoms with E-state index in [4.69, 9.17) is 0 Å². The number of carbonyl (C=O) groups is 1. The average Bonchev–Trinajstić information content (AvgIpc) is 2.97. The molecule has 0 radical (unpaired) electrons. The van der Waals surface area contributed by atoms with Gasteiger partial charge in [-0.3, -0.25) is 4.79 Å². The summed E-state index contributed by atoms with van der Waals surface area (Å²) in [4.78, 5) is 15.5. The first-order chi connectivity index (χ1) is 9.94. The summed E-state index contributed by atoms with van der Waals surface area (Å²) >= 11 is 0. The van der Waals surface area contributed by atoms with Gasteiger partial charge in [-0.25, -0.2) is 9.67 Å². The zero-order valence-electron chi connectivity index (χ0n) is 11.0. The number of benzene rings is 1. The van der Waals surface area contributed by atoms with Gasteiger partial charge in [0.2, 0.25) is 11.6 Å². The molecule has 1 aromatic carbocycles.